The molecule has 0 saturated heterocycles. The van der Waals surface area contributed by atoms with Crippen molar-refractivity contribution in [3.05, 3.63) is 58.4 Å². The Morgan fingerprint density at radius 1 is 1.28 bits per heavy atom. The van der Waals surface area contributed by atoms with E-state index in [0.29, 0.717) is 29.1 Å². The molecule has 1 amide bonds. The standard InChI is InChI=1S/C17H13FN4OS2/c1-22(8-15-19-11-5-4-10(18)7-12(11)20-15)17(23)13-9-25-16(21-13)14-3-2-6-24-14/h2-7,9H,8H2,1H3,(H,19,20). The van der Waals surface area contributed by atoms with Crippen molar-refractivity contribution in [2.75, 3.05) is 7.05 Å². The summed E-state index contributed by atoms with van der Waals surface area (Å²) in [6.07, 6.45) is 0. The molecule has 0 fully saturated rings. The van der Waals surface area contributed by atoms with Crippen LogP contribution in [0.3, 0.4) is 0 Å². The van der Waals surface area contributed by atoms with Gasteiger partial charge >= 0.3 is 0 Å². The van der Waals surface area contributed by atoms with E-state index >= 15 is 0 Å². The van der Waals surface area contributed by atoms with Crippen molar-refractivity contribution in [3.63, 3.8) is 0 Å². The number of halogens is 1. The van der Waals surface area contributed by atoms with Crippen LogP contribution >= 0.6 is 22.7 Å². The van der Waals surface area contributed by atoms with Crippen LogP contribution in [0.15, 0.2) is 41.1 Å². The molecule has 0 unspecified atom stereocenters. The van der Waals surface area contributed by atoms with Crippen molar-refractivity contribution < 1.29 is 9.18 Å². The number of thiazole rings is 1. The fourth-order valence-corrected chi connectivity index (χ4v) is 4.09. The first-order valence-electron chi connectivity index (χ1n) is 7.49. The zero-order valence-electron chi connectivity index (χ0n) is 13.2. The summed E-state index contributed by atoms with van der Waals surface area (Å²) in [5.41, 5.74) is 1.70. The van der Waals surface area contributed by atoms with Crippen LogP contribution in [0, 0.1) is 5.82 Å². The van der Waals surface area contributed by atoms with Gasteiger partial charge < -0.3 is 9.88 Å². The van der Waals surface area contributed by atoms with Gasteiger partial charge in [0.05, 0.1) is 22.5 Å². The number of fused-ring (bicyclic) bond motifs is 1. The summed E-state index contributed by atoms with van der Waals surface area (Å²) in [6, 6.07) is 8.30. The fraction of sp³-hybridized carbons (Fsp3) is 0.118. The lowest BCUT2D eigenvalue weighted by Gasteiger charge is -2.13. The molecule has 0 saturated carbocycles. The van der Waals surface area contributed by atoms with Crippen LogP contribution in [-0.4, -0.2) is 32.8 Å². The minimum atomic E-state index is -0.323. The molecule has 0 atom stereocenters. The minimum Gasteiger partial charge on any atom is -0.340 e. The zero-order valence-corrected chi connectivity index (χ0v) is 14.8. The van der Waals surface area contributed by atoms with E-state index in [1.165, 1.54) is 23.5 Å². The largest absolute Gasteiger partial charge is 0.340 e. The van der Waals surface area contributed by atoms with E-state index in [1.54, 1.807) is 34.7 Å². The lowest BCUT2D eigenvalue weighted by Crippen LogP contribution is -2.27. The summed E-state index contributed by atoms with van der Waals surface area (Å²) in [4.78, 5) is 27.0. The molecule has 5 nitrogen and oxygen atoms in total. The Labute approximate surface area is 150 Å². The molecule has 1 aromatic carbocycles. The quantitative estimate of drug-likeness (QED) is 0.585. The van der Waals surface area contributed by atoms with Gasteiger partial charge in [0.15, 0.2) is 0 Å². The molecule has 8 heteroatoms. The number of aromatic nitrogens is 3. The minimum absolute atomic E-state index is 0.175. The Morgan fingerprint density at radius 2 is 2.16 bits per heavy atom. The highest BCUT2D eigenvalue weighted by Gasteiger charge is 2.18. The molecular weight excluding hydrogens is 359 g/mol. The summed E-state index contributed by atoms with van der Waals surface area (Å²) in [7, 11) is 1.69. The second-order valence-electron chi connectivity index (χ2n) is 5.52. The maximum atomic E-state index is 13.3. The summed E-state index contributed by atoms with van der Waals surface area (Å²) in [5.74, 6) is 0.103. The van der Waals surface area contributed by atoms with Crippen LogP contribution in [0.1, 0.15) is 16.3 Å². The van der Waals surface area contributed by atoms with Gasteiger partial charge in [0.25, 0.3) is 5.91 Å². The van der Waals surface area contributed by atoms with Crippen molar-refractivity contribution >= 4 is 39.6 Å². The van der Waals surface area contributed by atoms with Crippen molar-refractivity contribution in [3.8, 4) is 9.88 Å². The van der Waals surface area contributed by atoms with Gasteiger partial charge in [-0.1, -0.05) is 6.07 Å². The molecule has 4 aromatic rings. The predicted octanol–water partition coefficient (Wildman–Crippen LogP) is 4.16. The highest BCUT2D eigenvalue weighted by Crippen LogP contribution is 2.28. The molecule has 0 bridgehead atoms. The monoisotopic (exact) mass is 372 g/mol. The van der Waals surface area contributed by atoms with E-state index in [1.807, 2.05) is 17.5 Å². The molecule has 0 aliphatic carbocycles. The Bertz CT molecular complexity index is 1040. The molecular formula is C17H13FN4OS2. The number of nitrogens with zero attached hydrogens (tertiary/aromatic N) is 3. The number of imidazole rings is 1. The smallest absolute Gasteiger partial charge is 0.273 e. The molecule has 0 aliphatic rings. The Morgan fingerprint density at radius 3 is 2.96 bits per heavy atom. The van der Waals surface area contributed by atoms with E-state index in [9.17, 15) is 9.18 Å². The zero-order chi connectivity index (χ0) is 17.4. The highest BCUT2D eigenvalue weighted by molar-refractivity contribution is 7.20. The van der Waals surface area contributed by atoms with E-state index in [2.05, 4.69) is 15.0 Å². The molecule has 25 heavy (non-hydrogen) atoms. The SMILES string of the molecule is CN(Cc1nc2ccc(F)cc2[nH]1)C(=O)c1csc(-c2cccs2)n1. The van der Waals surface area contributed by atoms with Gasteiger partial charge in [-0.2, -0.15) is 0 Å². The van der Waals surface area contributed by atoms with Gasteiger partial charge in [-0.05, 0) is 29.6 Å². The van der Waals surface area contributed by atoms with Crippen LogP contribution in [0.5, 0.6) is 0 Å². The van der Waals surface area contributed by atoms with Crippen LogP contribution in [-0.2, 0) is 6.54 Å². The van der Waals surface area contributed by atoms with Crippen LogP contribution in [0.4, 0.5) is 4.39 Å². The number of rotatable bonds is 4. The Hall–Kier alpha value is -2.58. The number of hydrogen-bond donors (Lipinski definition) is 1. The van der Waals surface area contributed by atoms with Crippen molar-refractivity contribution in [1.29, 1.82) is 0 Å². The fourth-order valence-electron chi connectivity index (χ4n) is 2.49. The predicted molar refractivity (Wildman–Crippen MR) is 97.3 cm³/mol. The first-order valence-corrected chi connectivity index (χ1v) is 9.25. The number of carbonyl (C=O) groups is 1. The number of hydrogen-bond acceptors (Lipinski definition) is 5. The van der Waals surface area contributed by atoms with Crippen molar-refractivity contribution in [2.45, 2.75) is 6.54 Å². The van der Waals surface area contributed by atoms with E-state index in [4.69, 9.17) is 0 Å². The summed E-state index contributed by atoms with van der Waals surface area (Å²) in [6.45, 7) is 0.293. The van der Waals surface area contributed by atoms with Gasteiger partial charge in [0, 0.05) is 12.4 Å². The first kappa shape index (κ1) is 15.9. The number of carbonyl (C=O) groups excluding carboxylic acids is 1. The number of amides is 1. The average molecular weight is 372 g/mol. The van der Waals surface area contributed by atoms with Gasteiger partial charge in [-0.3, -0.25) is 4.79 Å². The molecule has 0 spiro atoms. The Kier molecular flexibility index (Phi) is 4.06. The van der Waals surface area contributed by atoms with Gasteiger partial charge in [-0.15, -0.1) is 22.7 Å². The third kappa shape index (κ3) is 3.18. The van der Waals surface area contributed by atoms with Crippen LogP contribution < -0.4 is 0 Å². The number of H-pyrrole nitrogens is 1. The van der Waals surface area contributed by atoms with Gasteiger partial charge in [0.1, 0.15) is 22.3 Å². The number of benzene rings is 1. The summed E-state index contributed by atoms with van der Waals surface area (Å²) >= 11 is 3.04. The van der Waals surface area contributed by atoms with E-state index in [-0.39, 0.29) is 11.7 Å². The van der Waals surface area contributed by atoms with E-state index in [0.717, 1.165) is 9.88 Å². The molecule has 3 heterocycles. The maximum Gasteiger partial charge on any atom is 0.273 e. The van der Waals surface area contributed by atoms with E-state index < -0.39 is 0 Å². The maximum absolute atomic E-state index is 13.3. The number of aromatic amines is 1. The topological polar surface area (TPSA) is 61.9 Å². The summed E-state index contributed by atoms with van der Waals surface area (Å²) < 4.78 is 13.3. The second kappa shape index (κ2) is 6.38. The lowest BCUT2D eigenvalue weighted by atomic mass is 10.3. The molecule has 0 radical (unpaired) electrons. The first-order chi connectivity index (χ1) is 12.1. The third-order valence-electron chi connectivity index (χ3n) is 3.68. The van der Waals surface area contributed by atoms with Crippen LogP contribution in [0.2, 0.25) is 0 Å². The molecule has 126 valence electrons. The van der Waals surface area contributed by atoms with Gasteiger partial charge in [-0.25, -0.2) is 14.4 Å². The number of thiophene rings is 1. The third-order valence-corrected chi connectivity index (χ3v) is 5.56. The van der Waals surface area contributed by atoms with Crippen molar-refractivity contribution in [1.82, 2.24) is 19.9 Å². The molecule has 3 aromatic heterocycles. The highest BCUT2D eigenvalue weighted by atomic mass is 32.1. The normalized spacial score (nSPS) is 11.1. The Balaban J connectivity index is 1.51. The molecule has 1 N–H and O–H groups in total. The number of nitrogens with one attached hydrogen (secondary N) is 1. The second-order valence-corrected chi connectivity index (χ2v) is 7.33. The van der Waals surface area contributed by atoms with Crippen molar-refractivity contribution in [2.24, 2.45) is 0 Å². The molecule has 4 rings (SSSR count). The van der Waals surface area contributed by atoms with Crippen LogP contribution in [0.25, 0.3) is 20.9 Å². The molecule has 0 aliphatic heterocycles. The van der Waals surface area contributed by atoms with Gasteiger partial charge in [0.2, 0.25) is 0 Å². The summed E-state index contributed by atoms with van der Waals surface area (Å²) in [5, 5.41) is 4.59. The average Bonchev–Trinajstić information content (AvgIpc) is 3.32. The lowest BCUT2D eigenvalue weighted by molar-refractivity contribution is 0.0777.